The maximum atomic E-state index is 11.3. The molecule has 0 atom stereocenters. The minimum atomic E-state index is -0.212. The van der Waals surface area contributed by atoms with Crippen molar-refractivity contribution in [2.24, 2.45) is 0 Å². The second-order valence-corrected chi connectivity index (χ2v) is 4.31. The van der Waals surface area contributed by atoms with E-state index in [0.29, 0.717) is 13.0 Å². The van der Waals surface area contributed by atoms with Crippen LogP contribution in [0.3, 0.4) is 0 Å². The van der Waals surface area contributed by atoms with Gasteiger partial charge in [-0.3, -0.25) is 5.10 Å². The molecule has 0 unspecified atom stereocenters. The third-order valence-corrected chi connectivity index (χ3v) is 1.60. The number of carbonyl (C=O) groups is 1. The van der Waals surface area contributed by atoms with Crippen molar-refractivity contribution in [1.29, 1.82) is 0 Å². The van der Waals surface area contributed by atoms with Crippen LogP contribution in [0.5, 0.6) is 0 Å². The van der Waals surface area contributed by atoms with Crippen LogP contribution in [-0.4, -0.2) is 33.3 Å². The van der Waals surface area contributed by atoms with Gasteiger partial charge >= 0.3 is 6.03 Å². The van der Waals surface area contributed by atoms with Crippen LogP contribution in [0.25, 0.3) is 0 Å². The Morgan fingerprint density at radius 3 is 2.80 bits per heavy atom. The average molecular weight is 211 g/mol. The predicted molar refractivity (Wildman–Crippen MR) is 56.4 cm³/mol. The highest BCUT2D eigenvalue weighted by Crippen LogP contribution is 1.97. The molecule has 6 heteroatoms. The van der Waals surface area contributed by atoms with Gasteiger partial charge in [0.25, 0.3) is 0 Å². The lowest BCUT2D eigenvalue weighted by atomic mass is 10.1. The summed E-state index contributed by atoms with van der Waals surface area (Å²) in [5, 5.41) is 12.0. The standard InChI is InChI=1S/C9H17N5O/c1-9(2,3)13-8(15)10-5-4-7-11-6-12-14-7/h6H,4-5H2,1-3H3,(H2,10,13,15)(H,11,12,14). The molecule has 1 aromatic heterocycles. The van der Waals surface area contributed by atoms with E-state index in [4.69, 9.17) is 0 Å². The molecule has 0 fully saturated rings. The summed E-state index contributed by atoms with van der Waals surface area (Å²) in [5.74, 6) is 0.769. The van der Waals surface area contributed by atoms with Gasteiger partial charge in [0.1, 0.15) is 12.2 Å². The second-order valence-electron chi connectivity index (χ2n) is 4.31. The van der Waals surface area contributed by atoms with Gasteiger partial charge in [-0.25, -0.2) is 9.78 Å². The monoisotopic (exact) mass is 211 g/mol. The van der Waals surface area contributed by atoms with Crippen LogP contribution in [0, 0.1) is 0 Å². The molecule has 0 aromatic carbocycles. The first-order valence-electron chi connectivity index (χ1n) is 4.87. The number of carbonyl (C=O) groups excluding carboxylic acids is 1. The van der Waals surface area contributed by atoms with Gasteiger partial charge in [0.15, 0.2) is 0 Å². The summed E-state index contributed by atoms with van der Waals surface area (Å²) in [4.78, 5) is 15.3. The Hall–Kier alpha value is -1.59. The fourth-order valence-corrected chi connectivity index (χ4v) is 1.03. The third-order valence-electron chi connectivity index (χ3n) is 1.60. The van der Waals surface area contributed by atoms with Gasteiger partial charge in [-0.1, -0.05) is 0 Å². The molecule has 0 spiro atoms. The zero-order valence-corrected chi connectivity index (χ0v) is 9.29. The summed E-state index contributed by atoms with van der Waals surface area (Å²) in [6.45, 7) is 6.34. The van der Waals surface area contributed by atoms with Crippen molar-refractivity contribution in [3.63, 3.8) is 0 Å². The lowest BCUT2D eigenvalue weighted by Gasteiger charge is -2.20. The number of urea groups is 1. The average Bonchev–Trinajstić information content (AvgIpc) is 2.53. The van der Waals surface area contributed by atoms with E-state index in [1.54, 1.807) is 0 Å². The SMILES string of the molecule is CC(C)(C)NC(=O)NCCc1ncn[nH]1. The lowest BCUT2D eigenvalue weighted by Crippen LogP contribution is -2.46. The minimum absolute atomic E-state index is 0.165. The third kappa shape index (κ3) is 4.99. The quantitative estimate of drug-likeness (QED) is 0.678. The number of aromatic amines is 1. The Morgan fingerprint density at radius 2 is 2.27 bits per heavy atom. The number of hydrogen-bond donors (Lipinski definition) is 3. The molecule has 3 N–H and O–H groups in total. The highest BCUT2D eigenvalue weighted by Gasteiger charge is 2.12. The fraction of sp³-hybridized carbons (Fsp3) is 0.667. The van der Waals surface area contributed by atoms with Crippen molar-refractivity contribution >= 4 is 6.03 Å². The summed E-state index contributed by atoms with van der Waals surface area (Å²) < 4.78 is 0. The van der Waals surface area contributed by atoms with Crippen LogP contribution >= 0.6 is 0 Å². The van der Waals surface area contributed by atoms with Crippen molar-refractivity contribution in [1.82, 2.24) is 25.8 Å². The van der Waals surface area contributed by atoms with E-state index in [1.807, 2.05) is 20.8 Å². The van der Waals surface area contributed by atoms with E-state index in [9.17, 15) is 4.79 Å². The van der Waals surface area contributed by atoms with Gasteiger partial charge in [-0.05, 0) is 20.8 Å². The molecule has 84 valence electrons. The number of aromatic nitrogens is 3. The van der Waals surface area contributed by atoms with Gasteiger partial charge in [-0.15, -0.1) is 0 Å². The highest BCUT2D eigenvalue weighted by atomic mass is 16.2. The maximum Gasteiger partial charge on any atom is 0.315 e. The van der Waals surface area contributed by atoms with Crippen molar-refractivity contribution < 1.29 is 4.79 Å². The summed E-state index contributed by atoms with van der Waals surface area (Å²) >= 11 is 0. The van der Waals surface area contributed by atoms with Crippen LogP contribution in [0.4, 0.5) is 4.79 Å². The Labute approximate surface area is 88.9 Å². The molecular formula is C9H17N5O. The van der Waals surface area contributed by atoms with E-state index in [2.05, 4.69) is 25.8 Å². The summed E-state index contributed by atoms with van der Waals surface area (Å²) in [7, 11) is 0. The van der Waals surface area contributed by atoms with E-state index in [1.165, 1.54) is 6.33 Å². The van der Waals surface area contributed by atoms with Gasteiger partial charge in [0, 0.05) is 18.5 Å². The summed E-state index contributed by atoms with van der Waals surface area (Å²) in [6.07, 6.45) is 2.10. The Morgan fingerprint density at radius 1 is 1.53 bits per heavy atom. The molecule has 0 aliphatic carbocycles. The number of nitrogens with zero attached hydrogens (tertiary/aromatic N) is 2. The fourth-order valence-electron chi connectivity index (χ4n) is 1.03. The molecular weight excluding hydrogens is 194 g/mol. The molecule has 1 aromatic rings. The first kappa shape index (κ1) is 11.5. The van der Waals surface area contributed by atoms with Crippen LogP contribution in [0.2, 0.25) is 0 Å². The van der Waals surface area contributed by atoms with Gasteiger partial charge in [0.2, 0.25) is 0 Å². The minimum Gasteiger partial charge on any atom is -0.338 e. The maximum absolute atomic E-state index is 11.3. The molecule has 0 saturated heterocycles. The second kappa shape index (κ2) is 4.77. The summed E-state index contributed by atoms with van der Waals surface area (Å²) in [6, 6.07) is -0.165. The number of nitrogens with one attached hydrogen (secondary N) is 3. The molecule has 0 aliphatic rings. The van der Waals surface area contributed by atoms with E-state index in [-0.39, 0.29) is 11.6 Å². The molecule has 1 rings (SSSR count). The predicted octanol–water partition coefficient (Wildman–Crippen LogP) is 0.445. The van der Waals surface area contributed by atoms with Crippen LogP contribution in [-0.2, 0) is 6.42 Å². The molecule has 0 bridgehead atoms. The van der Waals surface area contributed by atoms with E-state index >= 15 is 0 Å². The van der Waals surface area contributed by atoms with Gasteiger partial charge in [-0.2, -0.15) is 5.10 Å². The first-order chi connectivity index (χ1) is 6.97. The zero-order chi connectivity index (χ0) is 11.3. The number of H-pyrrole nitrogens is 1. The lowest BCUT2D eigenvalue weighted by molar-refractivity contribution is 0.232. The van der Waals surface area contributed by atoms with Crippen molar-refractivity contribution in [2.45, 2.75) is 32.7 Å². The molecule has 6 nitrogen and oxygen atoms in total. The Bertz CT molecular complexity index is 301. The zero-order valence-electron chi connectivity index (χ0n) is 9.29. The van der Waals surface area contributed by atoms with Crippen molar-refractivity contribution in [3.8, 4) is 0 Å². The van der Waals surface area contributed by atoms with Crippen LogP contribution in [0.1, 0.15) is 26.6 Å². The number of amides is 2. The summed E-state index contributed by atoms with van der Waals surface area (Å²) in [5.41, 5.74) is -0.212. The Balaban J connectivity index is 2.18. The number of hydrogen-bond acceptors (Lipinski definition) is 3. The normalized spacial score (nSPS) is 11.1. The Kier molecular flexibility index (Phi) is 3.65. The topological polar surface area (TPSA) is 82.7 Å². The van der Waals surface area contributed by atoms with Gasteiger partial charge in [0.05, 0.1) is 0 Å². The highest BCUT2D eigenvalue weighted by molar-refractivity contribution is 5.74. The largest absolute Gasteiger partial charge is 0.338 e. The molecule has 2 amide bonds. The van der Waals surface area contributed by atoms with Crippen molar-refractivity contribution in [3.05, 3.63) is 12.2 Å². The molecule has 0 aliphatic heterocycles. The van der Waals surface area contributed by atoms with Crippen molar-refractivity contribution in [2.75, 3.05) is 6.54 Å². The molecule has 15 heavy (non-hydrogen) atoms. The van der Waals surface area contributed by atoms with E-state index < -0.39 is 0 Å². The number of rotatable bonds is 3. The molecule has 0 saturated carbocycles. The smallest absolute Gasteiger partial charge is 0.315 e. The van der Waals surface area contributed by atoms with Crippen LogP contribution < -0.4 is 10.6 Å². The molecule has 0 radical (unpaired) electrons. The van der Waals surface area contributed by atoms with E-state index in [0.717, 1.165) is 5.82 Å². The van der Waals surface area contributed by atoms with Crippen LogP contribution in [0.15, 0.2) is 6.33 Å². The first-order valence-corrected chi connectivity index (χ1v) is 4.87. The molecule has 1 heterocycles. The van der Waals surface area contributed by atoms with Gasteiger partial charge < -0.3 is 10.6 Å².